The largest absolute Gasteiger partial charge is 0.391 e. The van der Waals surface area contributed by atoms with Crippen molar-refractivity contribution in [3.63, 3.8) is 0 Å². The third kappa shape index (κ3) is 13.8. The fourth-order valence-corrected chi connectivity index (χ4v) is 4.93. The van der Waals surface area contributed by atoms with Gasteiger partial charge >= 0.3 is 0 Å². The highest BCUT2D eigenvalue weighted by molar-refractivity contribution is 5.79. The van der Waals surface area contributed by atoms with Crippen LogP contribution in [0.25, 0.3) is 0 Å². The number of hydrogen-bond acceptors (Lipinski definition) is 8. The van der Waals surface area contributed by atoms with E-state index in [2.05, 4.69) is 21.3 Å². The molecule has 0 aromatic heterocycles. The maximum absolute atomic E-state index is 11.3. The van der Waals surface area contributed by atoms with Gasteiger partial charge in [0.05, 0.1) is 49.7 Å². The molecule has 4 amide bonds. The predicted octanol–water partition coefficient (Wildman–Crippen LogP) is 1.89. The second-order valence-electron chi connectivity index (χ2n) is 14.3. The Kier molecular flexibility index (Phi) is 17.7. The van der Waals surface area contributed by atoms with Gasteiger partial charge in [0.1, 0.15) is 0 Å². The summed E-state index contributed by atoms with van der Waals surface area (Å²) in [5.41, 5.74) is 0. The first kappa shape index (κ1) is 41.7. The van der Waals surface area contributed by atoms with E-state index in [1.807, 2.05) is 55.4 Å². The monoisotopic (exact) mass is 656 g/mol. The third-order valence-corrected chi connectivity index (χ3v) is 8.82. The molecule has 1 aliphatic heterocycles. The molecule has 5 fully saturated rings. The molecule has 4 aliphatic carbocycles. The van der Waals surface area contributed by atoms with Gasteiger partial charge in [0.2, 0.25) is 23.6 Å². The highest BCUT2D eigenvalue weighted by Crippen LogP contribution is 2.44. The quantitative estimate of drug-likeness (QED) is 0.206. The van der Waals surface area contributed by atoms with Gasteiger partial charge in [-0.2, -0.15) is 0 Å². The highest BCUT2D eigenvalue weighted by Gasteiger charge is 2.54. The van der Waals surface area contributed by atoms with E-state index in [4.69, 9.17) is 14.9 Å². The summed E-state index contributed by atoms with van der Waals surface area (Å²) in [6.07, 6.45) is 4.29. The Morgan fingerprint density at radius 2 is 0.913 bits per heavy atom. The number of amides is 4. The zero-order valence-corrected chi connectivity index (χ0v) is 28.5. The van der Waals surface area contributed by atoms with Crippen molar-refractivity contribution in [2.24, 2.45) is 35.5 Å². The Labute approximate surface area is 276 Å². The fraction of sp³-hybridized carbons (Fsp3) is 0.882. The van der Waals surface area contributed by atoms with E-state index in [1.165, 1.54) is 0 Å². The summed E-state index contributed by atoms with van der Waals surface area (Å²) >= 11 is 0. The summed E-state index contributed by atoms with van der Waals surface area (Å²) < 4.78 is 5.23. The lowest BCUT2D eigenvalue weighted by Crippen LogP contribution is -2.51. The maximum Gasteiger partial charge on any atom is 0.222 e. The van der Waals surface area contributed by atoms with Crippen molar-refractivity contribution in [2.45, 2.75) is 144 Å². The van der Waals surface area contributed by atoms with Crippen molar-refractivity contribution < 1.29 is 39.2 Å². The van der Waals surface area contributed by atoms with Crippen LogP contribution in [0.4, 0.5) is 0 Å². The number of aliphatic hydroxyl groups is 3. The van der Waals surface area contributed by atoms with Gasteiger partial charge in [-0.1, -0.05) is 62.8 Å². The van der Waals surface area contributed by atoms with E-state index >= 15 is 0 Å². The fourth-order valence-electron chi connectivity index (χ4n) is 4.93. The van der Waals surface area contributed by atoms with Crippen molar-refractivity contribution in [3.05, 3.63) is 0 Å². The minimum absolute atomic E-state index is 0. The number of carbonyl (C=O) groups excluding carboxylic acids is 4. The van der Waals surface area contributed by atoms with Crippen LogP contribution < -0.4 is 21.3 Å². The van der Waals surface area contributed by atoms with Crippen LogP contribution >= 0.6 is 0 Å². The molecule has 12 nitrogen and oxygen atoms in total. The van der Waals surface area contributed by atoms with E-state index in [-0.39, 0.29) is 91.2 Å². The van der Waals surface area contributed by atoms with Crippen LogP contribution in [0, 0.1) is 35.5 Å². The molecular formula is C34H64N4O8. The van der Waals surface area contributed by atoms with E-state index in [9.17, 15) is 24.3 Å². The van der Waals surface area contributed by atoms with E-state index in [0.29, 0.717) is 17.9 Å². The number of fused-ring (bicyclic) bond motifs is 1. The minimum atomic E-state index is -0.326. The lowest BCUT2D eigenvalue weighted by Gasteiger charge is -2.33. The van der Waals surface area contributed by atoms with Gasteiger partial charge < -0.3 is 41.3 Å². The molecule has 46 heavy (non-hydrogen) atoms. The molecule has 7 N–H and O–H groups in total. The Morgan fingerprint density at radius 1 is 0.543 bits per heavy atom. The van der Waals surface area contributed by atoms with Crippen molar-refractivity contribution in [1.82, 2.24) is 21.3 Å². The molecule has 4 saturated carbocycles. The van der Waals surface area contributed by atoms with Gasteiger partial charge in [0.25, 0.3) is 0 Å². The van der Waals surface area contributed by atoms with Crippen LogP contribution in [0.2, 0.25) is 0 Å². The van der Waals surface area contributed by atoms with Crippen molar-refractivity contribution >= 4 is 23.6 Å². The molecule has 12 heteroatoms. The number of ether oxygens (including phenoxy) is 1. The van der Waals surface area contributed by atoms with E-state index in [1.54, 1.807) is 0 Å². The molecule has 0 radical (unpaired) electrons. The summed E-state index contributed by atoms with van der Waals surface area (Å²) in [6.45, 7) is 16.6. The molecule has 1 saturated heterocycles. The number of carbonyl (C=O) groups is 4. The SMILES string of the molecule is C.CC(C)C(=O)NC1[C@H]2COC[C@@H]12.CC(C)C(=O)N[C@@H]1CCC[C@H]1O.CC(C)C(=O)N[C@H]1CC[C@@H]1O.CC(C)C(=O)N[C@H]1C[C@@H]1O. The Hall–Kier alpha value is -2.28. The van der Waals surface area contributed by atoms with Crippen molar-refractivity contribution in [1.29, 1.82) is 0 Å². The first-order chi connectivity index (χ1) is 21.0. The van der Waals surface area contributed by atoms with Gasteiger partial charge in [-0.15, -0.1) is 0 Å². The Balaban J connectivity index is 0.000000305. The average Bonchev–Trinajstić information content (AvgIpc) is 3.65. The first-order valence-electron chi connectivity index (χ1n) is 16.9. The standard InChI is InChI=1S/C9H15NO2.C9H17NO2.C8H15NO2.C7H13NO2.CH4/c1-5(2)9(11)10-8-6-3-12-4-7(6)8;1-6(2)9(12)10-7-4-3-5-8(7)11;1-5(2)8(11)9-6-3-4-7(6)10;1-4(2)7(10)8-5-3-6(5)9;/h5-8H,3-4H2,1-2H3,(H,10,11);6-8,11H,3-5H2,1-2H3,(H,10,12);5-7,10H,3-4H2,1-2H3,(H,9,11);4-6,9H,3H2,1-2H3,(H,8,10);1H4/t6-,7+,8?;7-,8-;6-,7-;5-,6-;/m.100./s1. The van der Waals surface area contributed by atoms with Gasteiger partial charge in [-0.25, -0.2) is 0 Å². The molecular weight excluding hydrogens is 592 g/mol. The molecule has 0 aromatic rings. The van der Waals surface area contributed by atoms with Crippen LogP contribution in [-0.4, -0.2) is 94.6 Å². The van der Waals surface area contributed by atoms with Crippen LogP contribution in [0.5, 0.6) is 0 Å². The summed E-state index contributed by atoms with van der Waals surface area (Å²) in [5, 5.41) is 38.7. The summed E-state index contributed by atoms with van der Waals surface area (Å²) in [7, 11) is 0. The van der Waals surface area contributed by atoms with E-state index < -0.39 is 0 Å². The summed E-state index contributed by atoms with van der Waals surface area (Å²) in [4.78, 5) is 44.5. The average molecular weight is 657 g/mol. The van der Waals surface area contributed by atoms with Gasteiger partial charge in [-0.05, 0) is 38.5 Å². The van der Waals surface area contributed by atoms with Crippen molar-refractivity contribution in [2.75, 3.05) is 13.2 Å². The zero-order valence-electron chi connectivity index (χ0n) is 28.5. The second-order valence-corrected chi connectivity index (χ2v) is 14.3. The topological polar surface area (TPSA) is 186 Å². The lowest BCUT2D eigenvalue weighted by atomic mass is 9.89. The molecule has 9 atom stereocenters. The minimum Gasteiger partial charge on any atom is -0.391 e. The lowest BCUT2D eigenvalue weighted by molar-refractivity contribution is -0.127. The molecule has 5 rings (SSSR count). The van der Waals surface area contributed by atoms with Crippen molar-refractivity contribution in [3.8, 4) is 0 Å². The molecule has 0 bridgehead atoms. The molecule has 0 aromatic carbocycles. The third-order valence-electron chi connectivity index (χ3n) is 8.82. The summed E-state index contributed by atoms with van der Waals surface area (Å²) in [5.74, 6) is 1.67. The van der Waals surface area contributed by atoms with Crippen LogP contribution in [0.15, 0.2) is 0 Å². The second kappa shape index (κ2) is 19.5. The number of nitrogens with one attached hydrogen (secondary N) is 4. The molecule has 268 valence electrons. The van der Waals surface area contributed by atoms with Crippen LogP contribution in [0.3, 0.4) is 0 Å². The number of hydrogen-bond donors (Lipinski definition) is 7. The maximum atomic E-state index is 11.3. The van der Waals surface area contributed by atoms with Crippen LogP contribution in [0.1, 0.15) is 101 Å². The molecule has 1 unspecified atom stereocenters. The molecule has 0 spiro atoms. The van der Waals surface area contributed by atoms with E-state index in [0.717, 1.165) is 51.7 Å². The molecule has 5 aliphatic rings. The highest BCUT2D eigenvalue weighted by atomic mass is 16.5. The normalized spacial score (nSPS) is 31.3. The summed E-state index contributed by atoms with van der Waals surface area (Å²) in [6, 6.07) is 0.480. The van der Waals surface area contributed by atoms with Gasteiger partial charge in [0, 0.05) is 41.5 Å². The molecule has 1 heterocycles. The Bertz CT molecular complexity index is 965. The first-order valence-corrected chi connectivity index (χ1v) is 16.9. The number of rotatable bonds is 8. The smallest absolute Gasteiger partial charge is 0.222 e. The van der Waals surface area contributed by atoms with Gasteiger partial charge in [0.15, 0.2) is 0 Å². The predicted molar refractivity (Wildman–Crippen MR) is 177 cm³/mol. The Morgan fingerprint density at radius 3 is 1.22 bits per heavy atom. The zero-order chi connectivity index (χ0) is 34.0. The van der Waals surface area contributed by atoms with Gasteiger partial charge in [-0.3, -0.25) is 19.2 Å². The van der Waals surface area contributed by atoms with Crippen LogP contribution in [-0.2, 0) is 23.9 Å². The number of aliphatic hydroxyl groups excluding tert-OH is 3.